The van der Waals surface area contributed by atoms with Crippen LogP contribution in [0.25, 0.3) is 0 Å². The molecule has 8 nitrogen and oxygen atoms in total. The summed E-state index contributed by atoms with van der Waals surface area (Å²) in [6.07, 6.45) is -2.03. The summed E-state index contributed by atoms with van der Waals surface area (Å²) in [6, 6.07) is 28.4. The predicted octanol–water partition coefficient (Wildman–Crippen LogP) is 6.14. The number of aliphatic hydroxyl groups is 1. The Labute approximate surface area is 238 Å². The molecule has 4 aromatic carbocycles. The van der Waals surface area contributed by atoms with Gasteiger partial charge in [-0.15, -0.1) is 0 Å². The molecule has 2 aliphatic rings. The molecule has 41 heavy (non-hydrogen) atoms. The second-order valence-corrected chi connectivity index (χ2v) is 10.0. The van der Waals surface area contributed by atoms with E-state index in [9.17, 15) is 9.90 Å². The number of cyclic esters (lactones) is 1. The van der Waals surface area contributed by atoms with Crippen molar-refractivity contribution < 1.29 is 33.6 Å². The molecular weight excluding hydrogens is 522 g/mol. The first-order valence-corrected chi connectivity index (χ1v) is 13.4. The van der Waals surface area contributed by atoms with Gasteiger partial charge < -0.3 is 28.8 Å². The number of carbonyl (C=O) groups excluding carboxylic acids is 1. The Morgan fingerprint density at radius 1 is 0.756 bits per heavy atom. The van der Waals surface area contributed by atoms with Gasteiger partial charge >= 0.3 is 6.09 Å². The lowest BCUT2D eigenvalue weighted by Crippen LogP contribution is -2.37. The van der Waals surface area contributed by atoms with E-state index in [4.69, 9.17) is 23.7 Å². The monoisotopic (exact) mass is 553 g/mol. The van der Waals surface area contributed by atoms with Crippen LogP contribution >= 0.6 is 0 Å². The summed E-state index contributed by atoms with van der Waals surface area (Å²) < 4.78 is 29.4. The van der Waals surface area contributed by atoms with E-state index in [-0.39, 0.29) is 6.54 Å². The van der Waals surface area contributed by atoms with E-state index in [1.165, 1.54) is 0 Å². The second kappa shape index (κ2) is 11.4. The SMILES string of the molecule is COc1ccc(C2OC(=O)N3CC(O)c4cc(OC)c(OCc5ccccc5)cc4C23)cc1OCc1ccccc1. The number of rotatable bonds is 9. The lowest BCUT2D eigenvalue weighted by Gasteiger charge is -2.35. The number of benzene rings is 4. The van der Waals surface area contributed by atoms with Crippen LogP contribution < -0.4 is 18.9 Å². The number of methoxy groups -OCH3 is 2. The van der Waals surface area contributed by atoms with Gasteiger partial charge in [-0.25, -0.2) is 4.79 Å². The molecule has 0 aromatic heterocycles. The third-order valence-electron chi connectivity index (χ3n) is 7.49. The fourth-order valence-electron chi connectivity index (χ4n) is 5.43. The molecule has 8 heteroatoms. The number of hydrogen-bond donors (Lipinski definition) is 1. The highest BCUT2D eigenvalue weighted by molar-refractivity contribution is 5.73. The Bertz CT molecular complexity index is 1530. The Morgan fingerprint density at radius 2 is 1.34 bits per heavy atom. The fourth-order valence-corrected chi connectivity index (χ4v) is 5.43. The zero-order valence-electron chi connectivity index (χ0n) is 22.9. The van der Waals surface area contributed by atoms with E-state index >= 15 is 0 Å². The average molecular weight is 554 g/mol. The van der Waals surface area contributed by atoms with Crippen molar-refractivity contribution in [1.82, 2.24) is 4.90 Å². The highest BCUT2D eigenvalue weighted by atomic mass is 16.6. The first-order chi connectivity index (χ1) is 20.1. The van der Waals surface area contributed by atoms with Crippen molar-refractivity contribution in [1.29, 1.82) is 0 Å². The molecule has 0 saturated carbocycles. The minimum Gasteiger partial charge on any atom is -0.493 e. The molecule has 1 fully saturated rings. The van der Waals surface area contributed by atoms with Gasteiger partial charge in [-0.05, 0) is 52.1 Å². The summed E-state index contributed by atoms with van der Waals surface area (Å²) in [5.74, 6) is 2.14. The Morgan fingerprint density at radius 3 is 1.95 bits per heavy atom. The number of nitrogens with zero attached hydrogens (tertiary/aromatic N) is 1. The van der Waals surface area contributed by atoms with Gasteiger partial charge in [-0.2, -0.15) is 0 Å². The minimum atomic E-state index is -0.898. The number of carbonyl (C=O) groups is 1. The van der Waals surface area contributed by atoms with Crippen molar-refractivity contribution >= 4 is 6.09 Å². The molecule has 0 bridgehead atoms. The third-order valence-corrected chi connectivity index (χ3v) is 7.49. The smallest absolute Gasteiger partial charge is 0.411 e. The van der Waals surface area contributed by atoms with E-state index in [0.29, 0.717) is 41.8 Å². The molecule has 210 valence electrons. The summed E-state index contributed by atoms with van der Waals surface area (Å²) in [5, 5.41) is 11.0. The van der Waals surface area contributed by atoms with Crippen LogP contribution in [0.3, 0.4) is 0 Å². The number of amides is 1. The largest absolute Gasteiger partial charge is 0.493 e. The van der Waals surface area contributed by atoms with Crippen LogP contribution in [-0.4, -0.2) is 36.9 Å². The van der Waals surface area contributed by atoms with Crippen molar-refractivity contribution in [3.8, 4) is 23.0 Å². The first-order valence-electron chi connectivity index (χ1n) is 13.4. The zero-order valence-corrected chi connectivity index (χ0v) is 22.9. The van der Waals surface area contributed by atoms with Gasteiger partial charge in [0, 0.05) is 0 Å². The molecule has 2 heterocycles. The minimum absolute atomic E-state index is 0.105. The molecule has 1 saturated heterocycles. The van der Waals surface area contributed by atoms with Gasteiger partial charge in [0.2, 0.25) is 0 Å². The van der Waals surface area contributed by atoms with E-state index in [1.54, 1.807) is 25.2 Å². The summed E-state index contributed by atoms with van der Waals surface area (Å²) in [5.41, 5.74) is 4.19. The van der Waals surface area contributed by atoms with Crippen molar-refractivity contribution in [3.05, 3.63) is 119 Å². The van der Waals surface area contributed by atoms with Gasteiger partial charge in [0.05, 0.1) is 26.9 Å². The topological polar surface area (TPSA) is 86.7 Å². The van der Waals surface area contributed by atoms with Crippen LogP contribution in [0.5, 0.6) is 23.0 Å². The van der Waals surface area contributed by atoms with Crippen LogP contribution in [-0.2, 0) is 18.0 Å². The van der Waals surface area contributed by atoms with Crippen molar-refractivity contribution in [2.24, 2.45) is 0 Å². The molecule has 1 N–H and O–H groups in total. The normalized spacial score (nSPS) is 19.1. The Balaban J connectivity index is 1.34. The van der Waals surface area contributed by atoms with Crippen molar-refractivity contribution in [2.75, 3.05) is 20.8 Å². The Hall–Kier alpha value is -4.69. The maximum absolute atomic E-state index is 13.1. The quantitative estimate of drug-likeness (QED) is 0.266. The predicted molar refractivity (Wildman–Crippen MR) is 151 cm³/mol. The number of fused-ring (bicyclic) bond motifs is 3. The van der Waals surface area contributed by atoms with Gasteiger partial charge in [-0.3, -0.25) is 4.90 Å². The molecule has 0 spiro atoms. The van der Waals surface area contributed by atoms with Crippen LogP contribution in [0.15, 0.2) is 91.0 Å². The molecular formula is C33H31NO7. The van der Waals surface area contributed by atoms with Gasteiger partial charge in [-0.1, -0.05) is 66.7 Å². The van der Waals surface area contributed by atoms with Crippen LogP contribution in [0.2, 0.25) is 0 Å². The maximum atomic E-state index is 13.1. The number of aliphatic hydroxyl groups excluding tert-OH is 1. The van der Waals surface area contributed by atoms with Crippen molar-refractivity contribution in [2.45, 2.75) is 31.5 Å². The lowest BCUT2D eigenvalue weighted by molar-refractivity contribution is 0.0958. The van der Waals surface area contributed by atoms with Gasteiger partial charge in [0.25, 0.3) is 0 Å². The highest BCUT2D eigenvalue weighted by Gasteiger charge is 2.49. The molecule has 0 radical (unpaired) electrons. The molecule has 1 amide bonds. The van der Waals surface area contributed by atoms with Crippen LogP contribution in [0.1, 0.15) is 46.1 Å². The Kier molecular flexibility index (Phi) is 7.39. The third kappa shape index (κ3) is 5.26. The van der Waals surface area contributed by atoms with Crippen LogP contribution in [0.4, 0.5) is 4.79 Å². The maximum Gasteiger partial charge on any atom is 0.411 e. The highest BCUT2D eigenvalue weighted by Crippen LogP contribution is 2.51. The van der Waals surface area contributed by atoms with E-state index in [1.807, 2.05) is 84.9 Å². The van der Waals surface area contributed by atoms with E-state index < -0.39 is 24.3 Å². The molecule has 6 rings (SSSR count). The standard InChI is InChI=1S/C33H31NO7/c1-37-27-14-13-23(15-29(27)39-19-21-9-5-3-6-10-21)32-31-25-17-30(40-20-22-11-7-4-8-12-22)28(38-2)16-24(25)26(35)18-34(31)33(36)41-32/h3-17,26,31-32,35H,18-20H2,1-2H3. The molecule has 4 aromatic rings. The first kappa shape index (κ1) is 26.5. The van der Waals surface area contributed by atoms with Crippen molar-refractivity contribution in [3.63, 3.8) is 0 Å². The summed E-state index contributed by atoms with van der Waals surface area (Å²) >= 11 is 0. The summed E-state index contributed by atoms with van der Waals surface area (Å²) in [4.78, 5) is 14.6. The number of ether oxygens (including phenoxy) is 5. The fraction of sp³-hybridized carbons (Fsp3) is 0.242. The zero-order chi connectivity index (χ0) is 28.3. The molecule has 2 aliphatic heterocycles. The average Bonchev–Trinajstić information content (AvgIpc) is 3.35. The van der Waals surface area contributed by atoms with E-state index in [0.717, 1.165) is 22.3 Å². The lowest BCUT2D eigenvalue weighted by atomic mass is 9.86. The molecule has 3 unspecified atom stereocenters. The number of hydrogen-bond acceptors (Lipinski definition) is 7. The second-order valence-electron chi connectivity index (χ2n) is 10.0. The van der Waals surface area contributed by atoms with E-state index in [2.05, 4.69) is 0 Å². The summed E-state index contributed by atoms with van der Waals surface area (Å²) in [7, 11) is 3.16. The van der Waals surface area contributed by atoms with Gasteiger partial charge in [0.15, 0.2) is 29.1 Å². The van der Waals surface area contributed by atoms with Crippen LogP contribution in [0, 0.1) is 0 Å². The molecule has 0 aliphatic carbocycles. The summed E-state index contributed by atoms with van der Waals surface area (Å²) in [6.45, 7) is 0.803. The van der Waals surface area contributed by atoms with Gasteiger partial charge in [0.1, 0.15) is 19.3 Å². The molecule has 3 atom stereocenters.